The van der Waals surface area contributed by atoms with Gasteiger partial charge in [0.2, 0.25) is 0 Å². The summed E-state index contributed by atoms with van der Waals surface area (Å²) in [6, 6.07) is 7.73. The number of benzene rings is 1. The van der Waals surface area contributed by atoms with Crippen molar-refractivity contribution in [1.29, 1.82) is 0 Å². The molecule has 0 amide bonds. The van der Waals surface area contributed by atoms with Crippen molar-refractivity contribution in [2.75, 3.05) is 19.4 Å². The zero-order valence-corrected chi connectivity index (χ0v) is 9.88. The highest BCUT2D eigenvalue weighted by Crippen LogP contribution is 2.37. The number of hydrogen-bond acceptors (Lipinski definition) is 3. The molecule has 1 unspecified atom stereocenters. The van der Waals surface area contributed by atoms with E-state index in [4.69, 9.17) is 0 Å². The number of rotatable bonds is 3. The molecule has 1 N–H and O–H groups in total. The third-order valence-electron chi connectivity index (χ3n) is 2.72. The summed E-state index contributed by atoms with van der Waals surface area (Å²) in [4.78, 5) is 0.859. The van der Waals surface area contributed by atoms with E-state index in [0.29, 0.717) is 0 Å². The number of nitrogens with one attached hydrogen (secondary N) is 1. The molecular weight excluding hydrogens is 208 g/mol. The van der Waals surface area contributed by atoms with Gasteiger partial charge in [0.15, 0.2) is 0 Å². The van der Waals surface area contributed by atoms with E-state index in [1.54, 1.807) is 7.05 Å². The molecule has 3 nitrogen and oxygen atoms in total. The lowest BCUT2D eigenvalue weighted by atomic mass is 10.3. The van der Waals surface area contributed by atoms with Gasteiger partial charge in [-0.2, -0.15) is 0 Å². The maximum absolute atomic E-state index is 12.7. The van der Waals surface area contributed by atoms with Crippen LogP contribution in [0.15, 0.2) is 33.5 Å². The van der Waals surface area contributed by atoms with E-state index < -0.39 is 9.73 Å². The van der Waals surface area contributed by atoms with Crippen molar-refractivity contribution in [2.24, 2.45) is 4.36 Å². The summed E-state index contributed by atoms with van der Waals surface area (Å²) in [5, 5.41) is 3.34. The van der Waals surface area contributed by atoms with Crippen LogP contribution in [0.4, 0.5) is 5.69 Å². The summed E-state index contributed by atoms with van der Waals surface area (Å²) in [6.45, 7) is 0. The van der Waals surface area contributed by atoms with Gasteiger partial charge in [0.25, 0.3) is 0 Å². The van der Waals surface area contributed by atoms with Crippen LogP contribution in [0.3, 0.4) is 0 Å². The van der Waals surface area contributed by atoms with Crippen LogP contribution in [0, 0.1) is 0 Å². The average Bonchev–Trinajstić information content (AvgIpc) is 3.12. The Hall–Kier alpha value is -1.03. The maximum atomic E-state index is 12.7. The largest absolute Gasteiger partial charge is 0.387 e. The standard InChI is InChI=1S/C11H16N2OS/c1-12-10-5-3-4-6-11(10)15(14,13-2)9-7-8-9/h3-6,9,12H,7-8H2,1-2H3. The fourth-order valence-corrected chi connectivity index (χ4v) is 4.13. The molecule has 0 spiro atoms. The Labute approximate surface area is 91.1 Å². The Morgan fingerprint density at radius 2 is 2.07 bits per heavy atom. The second-order valence-corrected chi connectivity index (χ2v) is 6.31. The van der Waals surface area contributed by atoms with Crippen LogP contribution in [-0.2, 0) is 9.73 Å². The molecule has 1 aromatic rings. The van der Waals surface area contributed by atoms with E-state index in [1.165, 1.54) is 0 Å². The van der Waals surface area contributed by atoms with E-state index >= 15 is 0 Å². The number of para-hydroxylation sites is 1. The van der Waals surface area contributed by atoms with Crippen molar-refractivity contribution < 1.29 is 4.21 Å². The van der Waals surface area contributed by atoms with Gasteiger partial charge >= 0.3 is 0 Å². The SMILES string of the molecule is CN=S(=O)(c1ccccc1NC)C1CC1. The van der Waals surface area contributed by atoms with Crippen molar-refractivity contribution >= 4 is 15.4 Å². The van der Waals surface area contributed by atoms with Crippen LogP contribution in [-0.4, -0.2) is 23.6 Å². The van der Waals surface area contributed by atoms with Crippen LogP contribution in [0.2, 0.25) is 0 Å². The lowest BCUT2D eigenvalue weighted by Gasteiger charge is -2.12. The van der Waals surface area contributed by atoms with E-state index in [2.05, 4.69) is 9.68 Å². The van der Waals surface area contributed by atoms with Gasteiger partial charge in [0.05, 0.1) is 20.3 Å². The van der Waals surface area contributed by atoms with E-state index in [0.717, 1.165) is 23.4 Å². The molecule has 1 fully saturated rings. The molecule has 1 saturated carbocycles. The first kappa shape index (κ1) is 10.5. The van der Waals surface area contributed by atoms with E-state index in [1.807, 2.05) is 31.3 Å². The Balaban J connectivity index is 2.57. The molecule has 82 valence electrons. The van der Waals surface area contributed by atoms with Crippen LogP contribution >= 0.6 is 0 Å². The molecule has 2 rings (SSSR count). The zero-order chi connectivity index (χ0) is 10.9. The molecule has 0 saturated heterocycles. The molecule has 1 aliphatic rings. The summed E-state index contributed by atoms with van der Waals surface area (Å²) >= 11 is 0. The second kappa shape index (κ2) is 3.85. The molecule has 0 radical (unpaired) electrons. The second-order valence-electron chi connectivity index (χ2n) is 3.70. The predicted molar refractivity (Wildman–Crippen MR) is 63.8 cm³/mol. The monoisotopic (exact) mass is 224 g/mol. The Bertz CT molecular complexity index is 471. The van der Waals surface area contributed by atoms with Gasteiger partial charge in [-0.05, 0) is 25.0 Å². The molecule has 0 heterocycles. The molecule has 0 aliphatic heterocycles. The number of hydrogen-bond donors (Lipinski definition) is 1. The molecular formula is C11H16N2OS. The minimum absolute atomic E-state index is 0.261. The first-order valence-electron chi connectivity index (χ1n) is 5.13. The van der Waals surface area contributed by atoms with Crippen molar-refractivity contribution in [3.8, 4) is 0 Å². The quantitative estimate of drug-likeness (QED) is 0.856. The molecule has 15 heavy (non-hydrogen) atoms. The van der Waals surface area contributed by atoms with Gasteiger partial charge < -0.3 is 5.32 Å². The minimum Gasteiger partial charge on any atom is -0.387 e. The molecule has 0 bridgehead atoms. The molecule has 1 aliphatic carbocycles. The highest BCUT2D eigenvalue weighted by molar-refractivity contribution is 7.94. The third kappa shape index (κ3) is 1.74. The van der Waals surface area contributed by atoms with Crippen LogP contribution in [0.25, 0.3) is 0 Å². The van der Waals surface area contributed by atoms with Gasteiger partial charge in [-0.15, -0.1) is 0 Å². The van der Waals surface area contributed by atoms with Crippen molar-refractivity contribution in [3.63, 3.8) is 0 Å². The molecule has 1 aromatic carbocycles. The predicted octanol–water partition coefficient (Wildman–Crippen LogP) is 2.35. The van der Waals surface area contributed by atoms with Crippen LogP contribution < -0.4 is 5.32 Å². The summed E-state index contributed by atoms with van der Waals surface area (Å²) in [6.07, 6.45) is 2.07. The molecule has 4 heteroatoms. The fourth-order valence-electron chi connectivity index (χ4n) is 1.74. The lowest BCUT2D eigenvalue weighted by Crippen LogP contribution is -2.09. The number of nitrogens with zero attached hydrogens (tertiary/aromatic N) is 1. The molecule has 0 aromatic heterocycles. The van der Waals surface area contributed by atoms with Crippen molar-refractivity contribution in [1.82, 2.24) is 0 Å². The summed E-state index contributed by atoms with van der Waals surface area (Å²) in [5.41, 5.74) is 0.931. The van der Waals surface area contributed by atoms with E-state index in [-0.39, 0.29) is 5.25 Å². The summed E-state index contributed by atoms with van der Waals surface area (Å²) in [5.74, 6) is 0. The van der Waals surface area contributed by atoms with Crippen LogP contribution in [0.1, 0.15) is 12.8 Å². The van der Waals surface area contributed by atoms with Crippen molar-refractivity contribution in [3.05, 3.63) is 24.3 Å². The summed E-state index contributed by atoms with van der Waals surface area (Å²) < 4.78 is 16.8. The Morgan fingerprint density at radius 1 is 1.40 bits per heavy atom. The highest BCUT2D eigenvalue weighted by Gasteiger charge is 2.35. The van der Waals surface area contributed by atoms with Gasteiger partial charge in [-0.25, -0.2) is 8.57 Å². The van der Waals surface area contributed by atoms with Gasteiger partial charge in [0.1, 0.15) is 0 Å². The smallest absolute Gasteiger partial charge is 0.0799 e. The first-order valence-corrected chi connectivity index (χ1v) is 6.71. The first-order chi connectivity index (χ1) is 7.22. The van der Waals surface area contributed by atoms with Crippen molar-refractivity contribution in [2.45, 2.75) is 23.0 Å². The maximum Gasteiger partial charge on any atom is 0.0799 e. The Morgan fingerprint density at radius 3 is 2.60 bits per heavy atom. The van der Waals surface area contributed by atoms with Gasteiger partial charge in [-0.1, -0.05) is 12.1 Å². The normalized spacial score (nSPS) is 19.3. The lowest BCUT2D eigenvalue weighted by molar-refractivity contribution is 0.675. The third-order valence-corrected chi connectivity index (χ3v) is 5.62. The average molecular weight is 224 g/mol. The number of anilines is 1. The highest BCUT2D eigenvalue weighted by atomic mass is 32.2. The van der Waals surface area contributed by atoms with E-state index in [9.17, 15) is 4.21 Å². The topological polar surface area (TPSA) is 41.5 Å². The minimum atomic E-state index is -2.19. The summed E-state index contributed by atoms with van der Waals surface area (Å²) in [7, 11) is 1.32. The molecule has 1 atom stereocenters. The fraction of sp³-hybridized carbons (Fsp3) is 0.455. The zero-order valence-electron chi connectivity index (χ0n) is 9.06. The Kier molecular flexibility index (Phi) is 2.69. The van der Waals surface area contributed by atoms with Crippen LogP contribution in [0.5, 0.6) is 0 Å². The van der Waals surface area contributed by atoms with Gasteiger partial charge in [0, 0.05) is 19.3 Å². The van der Waals surface area contributed by atoms with Gasteiger partial charge in [-0.3, -0.25) is 0 Å².